The summed E-state index contributed by atoms with van der Waals surface area (Å²) in [6.45, 7) is 2.12. The molecule has 2 amide bonds. The third-order valence-electron chi connectivity index (χ3n) is 3.19. The number of primary amides is 1. The normalized spacial score (nSPS) is 14.5. The molecule has 2 rings (SSSR count). The molecule has 0 saturated carbocycles. The molecule has 0 radical (unpaired) electrons. The van der Waals surface area contributed by atoms with E-state index in [1.807, 2.05) is 0 Å². The van der Waals surface area contributed by atoms with Gasteiger partial charge in [-0.1, -0.05) is 6.92 Å². The summed E-state index contributed by atoms with van der Waals surface area (Å²) in [4.78, 5) is 34.9. The van der Waals surface area contributed by atoms with Gasteiger partial charge < -0.3 is 20.1 Å². The van der Waals surface area contributed by atoms with Crippen LogP contribution >= 0.6 is 0 Å². The van der Waals surface area contributed by atoms with Crippen molar-refractivity contribution in [1.82, 2.24) is 0 Å². The SMILES string of the molecule is CCC(OC(N)=O)C(=O)N1CCOc2cc([N+](=O)[O-])ccc21. The number of rotatable bonds is 4. The van der Waals surface area contributed by atoms with Crippen LogP contribution in [0.1, 0.15) is 13.3 Å². The number of non-ortho nitro benzene ring substituents is 1. The Kier molecular flexibility index (Phi) is 4.44. The van der Waals surface area contributed by atoms with E-state index in [4.69, 9.17) is 15.2 Å². The number of fused-ring (bicyclic) bond motifs is 1. The molecule has 1 aromatic rings. The van der Waals surface area contributed by atoms with E-state index < -0.39 is 23.0 Å². The van der Waals surface area contributed by atoms with Crippen molar-refractivity contribution in [3.05, 3.63) is 28.3 Å². The molecule has 0 aromatic heterocycles. The Morgan fingerprint density at radius 3 is 2.86 bits per heavy atom. The topological polar surface area (TPSA) is 125 Å². The number of benzene rings is 1. The number of nitrogens with two attached hydrogens (primary N) is 1. The molecule has 0 aliphatic carbocycles. The van der Waals surface area contributed by atoms with Crippen molar-refractivity contribution in [3.8, 4) is 5.75 Å². The zero-order valence-electron chi connectivity index (χ0n) is 11.9. The van der Waals surface area contributed by atoms with Crippen molar-refractivity contribution < 1.29 is 24.0 Å². The molecule has 1 aromatic carbocycles. The van der Waals surface area contributed by atoms with E-state index in [9.17, 15) is 19.7 Å². The zero-order chi connectivity index (χ0) is 16.3. The van der Waals surface area contributed by atoms with Crippen LogP contribution in [0.3, 0.4) is 0 Å². The van der Waals surface area contributed by atoms with E-state index in [1.54, 1.807) is 6.92 Å². The summed E-state index contributed by atoms with van der Waals surface area (Å²) in [6, 6.07) is 3.97. The summed E-state index contributed by atoms with van der Waals surface area (Å²) in [5.74, 6) is -0.206. The van der Waals surface area contributed by atoms with Gasteiger partial charge in [0.15, 0.2) is 6.10 Å². The number of nitro benzene ring substituents is 1. The van der Waals surface area contributed by atoms with Crippen LogP contribution in [0.25, 0.3) is 0 Å². The standard InChI is InChI=1S/C13H15N3O6/c1-2-10(22-13(14)18)12(17)15-5-6-21-11-7-8(16(19)20)3-4-9(11)15/h3-4,7,10H,2,5-6H2,1H3,(H2,14,18). The van der Waals surface area contributed by atoms with E-state index in [0.717, 1.165) is 0 Å². The van der Waals surface area contributed by atoms with Gasteiger partial charge in [0.1, 0.15) is 12.4 Å². The Labute approximate surface area is 125 Å². The van der Waals surface area contributed by atoms with Crippen LogP contribution in [0.15, 0.2) is 18.2 Å². The number of hydrogen-bond acceptors (Lipinski definition) is 6. The predicted molar refractivity (Wildman–Crippen MR) is 75.7 cm³/mol. The highest BCUT2D eigenvalue weighted by molar-refractivity contribution is 5.99. The summed E-state index contributed by atoms with van der Waals surface area (Å²) in [7, 11) is 0. The fourth-order valence-corrected chi connectivity index (χ4v) is 2.17. The van der Waals surface area contributed by atoms with Gasteiger partial charge in [-0.2, -0.15) is 0 Å². The lowest BCUT2D eigenvalue weighted by atomic mass is 10.1. The fourth-order valence-electron chi connectivity index (χ4n) is 2.17. The number of ether oxygens (including phenoxy) is 2. The molecule has 118 valence electrons. The van der Waals surface area contributed by atoms with Crippen molar-refractivity contribution in [2.75, 3.05) is 18.1 Å². The third kappa shape index (κ3) is 3.08. The number of nitro groups is 1. The van der Waals surface area contributed by atoms with Crippen LogP contribution in [-0.2, 0) is 9.53 Å². The second-order valence-electron chi connectivity index (χ2n) is 4.58. The van der Waals surface area contributed by atoms with Gasteiger partial charge in [0.2, 0.25) is 0 Å². The molecule has 1 aliphatic heterocycles. The molecule has 1 aliphatic rings. The quantitative estimate of drug-likeness (QED) is 0.658. The number of anilines is 1. The lowest BCUT2D eigenvalue weighted by molar-refractivity contribution is -0.384. The first-order valence-electron chi connectivity index (χ1n) is 6.62. The molecule has 9 nitrogen and oxygen atoms in total. The van der Waals surface area contributed by atoms with Crippen LogP contribution in [0.5, 0.6) is 5.75 Å². The van der Waals surface area contributed by atoms with Crippen LogP contribution in [0.2, 0.25) is 0 Å². The van der Waals surface area contributed by atoms with E-state index in [-0.39, 0.29) is 31.0 Å². The first kappa shape index (κ1) is 15.5. The largest absolute Gasteiger partial charge is 0.489 e. The first-order chi connectivity index (χ1) is 10.4. The van der Waals surface area contributed by atoms with Gasteiger partial charge >= 0.3 is 6.09 Å². The van der Waals surface area contributed by atoms with Crippen LogP contribution in [0.4, 0.5) is 16.2 Å². The van der Waals surface area contributed by atoms with Gasteiger partial charge in [-0.25, -0.2) is 4.79 Å². The maximum Gasteiger partial charge on any atom is 0.405 e. The maximum absolute atomic E-state index is 12.5. The van der Waals surface area contributed by atoms with Crippen molar-refractivity contribution in [1.29, 1.82) is 0 Å². The van der Waals surface area contributed by atoms with Gasteiger partial charge in [-0.3, -0.25) is 14.9 Å². The molecule has 0 fully saturated rings. The molecule has 0 bridgehead atoms. The van der Waals surface area contributed by atoms with Gasteiger partial charge in [-0.05, 0) is 12.5 Å². The highest BCUT2D eigenvalue weighted by atomic mass is 16.6. The van der Waals surface area contributed by atoms with Crippen LogP contribution < -0.4 is 15.4 Å². The van der Waals surface area contributed by atoms with E-state index in [1.165, 1.54) is 23.1 Å². The number of nitrogens with zero attached hydrogens (tertiary/aromatic N) is 2. The average molecular weight is 309 g/mol. The minimum absolute atomic E-state index is 0.131. The van der Waals surface area contributed by atoms with E-state index in [0.29, 0.717) is 5.69 Å². The molecule has 1 atom stereocenters. The Morgan fingerprint density at radius 1 is 1.55 bits per heavy atom. The molecule has 1 heterocycles. The summed E-state index contributed by atoms with van der Waals surface area (Å²) >= 11 is 0. The number of amides is 2. The van der Waals surface area contributed by atoms with Crippen LogP contribution in [0, 0.1) is 10.1 Å². The van der Waals surface area contributed by atoms with E-state index >= 15 is 0 Å². The smallest absolute Gasteiger partial charge is 0.405 e. The van der Waals surface area contributed by atoms with E-state index in [2.05, 4.69) is 0 Å². The van der Waals surface area contributed by atoms with Gasteiger partial charge in [0.25, 0.3) is 11.6 Å². The summed E-state index contributed by atoms with van der Waals surface area (Å²) in [5.41, 5.74) is 5.22. The number of carbonyl (C=O) groups is 2. The number of hydrogen-bond donors (Lipinski definition) is 1. The van der Waals surface area contributed by atoms with Crippen molar-refractivity contribution in [3.63, 3.8) is 0 Å². The molecular formula is C13H15N3O6. The zero-order valence-corrected chi connectivity index (χ0v) is 11.9. The maximum atomic E-state index is 12.5. The molecule has 0 saturated heterocycles. The third-order valence-corrected chi connectivity index (χ3v) is 3.19. The van der Waals surface area contributed by atoms with Crippen LogP contribution in [-0.4, -0.2) is 36.2 Å². The van der Waals surface area contributed by atoms with Crippen molar-refractivity contribution in [2.24, 2.45) is 5.73 Å². The molecule has 2 N–H and O–H groups in total. The predicted octanol–water partition coefficient (Wildman–Crippen LogP) is 1.19. The van der Waals surface area contributed by atoms with Gasteiger partial charge in [-0.15, -0.1) is 0 Å². The Hall–Kier alpha value is -2.84. The highest BCUT2D eigenvalue weighted by Crippen LogP contribution is 2.35. The molecule has 1 unspecified atom stereocenters. The summed E-state index contributed by atoms with van der Waals surface area (Å²) in [5, 5.41) is 10.8. The number of carbonyl (C=O) groups excluding carboxylic acids is 2. The van der Waals surface area contributed by atoms with Gasteiger partial charge in [0, 0.05) is 6.07 Å². The summed E-state index contributed by atoms with van der Waals surface area (Å²) in [6.07, 6.45) is -1.77. The Morgan fingerprint density at radius 2 is 2.27 bits per heavy atom. The highest BCUT2D eigenvalue weighted by Gasteiger charge is 2.31. The second-order valence-corrected chi connectivity index (χ2v) is 4.58. The Balaban J connectivity index is 2.29. The molecule has 9 heteroatoms. The minimum atomic E-state index is -1.03. The lowest BCUT2D eigenvalue weighted by Crippen LogP contribution is -2.45. The molecular weight excluding hydrogens is 294 g/mol. The minimum Gasteiger partial charge on any atom is -0.489 e. The Bertz CT molecular complexity index is 618. The lowest BCUT2D eigenvalue weighted by Gasteiger charge is -2.31. The second kappa shape index (κ2) is 6.29. The van der Waals surface area contributed by atoms with Crippen molar-refractivity contribution >= 4 is 23.4 Å². The monoisotopic (exact) mass is 309 g/mol. The molecule has 22 heavy (non-hydrogen) atoms. The fraction of sp³-hybridized carbons (Fsp3) is 0.385. The van der Waals surface area contributed by atoms with Crippen molar-refractivity contribution in [2.45, 2.75) is 19.4 Å². The average Bonchev–Trinajstić information content (AvgIpc) is 2.50. The first-order valence-corrected chi connectivity index (χ1v) is 6.62. The summed E-state index contributed by atoms with van der Waals surface area (Å²) < 4.78 is 10.1. The molecule has 0 spiro atoms. The van der Waals surface area contributed by atoms with Gasteiger partial charge in [0.05, 0.1) is 23.2 Å².